The molecule has 3 heterocycles. The van der Waals surface area contributed by atoms with Crippen LogP contribution in [0.25, 0.3) is 11.0 Å². The van der Waals surface area contributed by atoms with Gasteiger partial charge in [-0.15, -0.1) is 0 Å². The van der Waals surface area contributed by atoms with Crippen LogP contribution >= 0.6 is 0 Å². The Labute approximate surface area is 178 Å². The first-order valence-corrected chi connectivity index (χ1v) is 9.92. The molecule has 8 heteroatoms. The number of carbonyl (C=O) groups is 1. The van der Waals surface area contributed by atoms with Crippen molar-refractivity contribution in [3.63, 3.8) is 0 Å². The number of fused-ring (bicyclic) bond motifs is 2. The third kappa shape index (κ3) is 3.54. The summed E-state index contributed by atoms with van der Waals surface area (Å²) >= 11 is 0. The molecule has 0 saturated carbocycles. The fourth-order valence-corrected chi connectivity index (χ4v) is 4.05. The van der Waals surface area contributed by atoms with Gasteiger partial charge in [-0.2, -0.15) is 0 Å². The minimum Gasteiger partial charge on any atom is -0.478 e. The summed E-state index contributed by atoms with van der Waals surface area (Å²) in [4.78, 5) is 33.2. The first-order valence-electron chi connectivity index (χ1n) is 9.92. The number of nitrogens with zero attached hydrogens (tertiary/aromatic N) is 2. The van der Waals surface area contributed by atoms with Gasteiger partial charge in [0, 0.05) is 17.8 Å². The van der Waals surface area contributed by atoms with Crippen molar-refractivity contribution < 1.29 is 23.8 Å². The van der Waals surface area contributed by atoms with Crippen LogP contribution in [0.3, 0.4) is 0 Å². The number of carboxylic acid groups (broad SMARTS) is 1. The van der Waals surface area contributed by atoms with E-state index in [9.17, 15) is 14.7 Å². The number of para-hydroxylation sites is 1. The molecule has 1 N–H and O–H groups in total. The first-order chi connectivity index (χ1) is 14.8. The standard InChI is InChI=1S/C23H22N2O6/c1-5-29-22-18-17(15-8-6-7-14-16(26)9-12(3)30-21(14)15)20(31-23(27)28)13(4)25-19(18)11(2)10-24-22/h6-10,17,20H,5H2,1-4H3,(H,27,28). The lowest BCUT2D eigenvalue weighted by Crippen LogP contribution is -2.35. The predicted octanol–water partition coefficient (Wildman–Crippen LogP) is 4.50. The van der Waals surface area contributed by atoms with Gasteiger partial charge in [0.25, 0.3) is 0 Å². The number of aryl methyl sites for hydroxylation is 2. The van der Waals surface area contributed by atoms with Gasteiger partial charge in [0.1, 0.15) is 11.3 Å². The topological polar surface area (TPSA) is 111 Å². The predicted molar refractivity (Wildman–Crippen MR) is 115 cm³/mol. The zero-order chi connectivity index (χ0) is 22.3. The molecule has 0 aliphatic carbocycles. The molecule has 0 spiro atoms. The lowest BCUT2D eigenvalue weighted by Gasteiger charge is -2.32. The lowest BCUT2D eigenvalue weighted by atomic mass is 9.81. The molecule has 1 aromatic carbocycles. The molecule has 2 atom stereocenters. The van der Waals surface area contributed by atoms with Gasteiger partial charge in [0.05, 0.1) is 34.9 Å². The molecule has 3 aromatic rings. The largest absolute Gasteiger partial charge is 0.506 e. The van der Waals surface area contributed by atoms with Gasteiger partial charge < -0.3 is 19.0 Å². The fourth-order valence-electron chi connectivity index (χ4n) is 4.05. The minimum atomic E-state index is -1.43. The first kappa shape index (κ1) is 20.6. The summed E-state index contributed by atoms with van der Waals surface area (Å²) in [7, 11) is 0. The molecule has 0 bridgehead atoms. The van der Waals surface area contributed by atoms with E-state index >= 15 is 0 Å². The number of ether oxygens (including phenoxy) is 2. The number of benzene rings is 1. The highest BCUT2D eigenvalue weighted by Crippen LogP contribution is 2.47. The Morgan fingerprint density at radius 2 is 2.03 bits per heavy atom. The van der Waals surface area contributed by atoms with Crippen LogP contribution in [0.2, 0.25) is 0 Å². The number of hydrogen-bond acceptors (Lipinski definition) is 7. The zero-order valence-electron chi connectivity index (χ0n) is 17.6. The molecule has 4 rings (SSSR count). The maximum absolute atomic E-state index is 12.6. The molecule has 2 aromatic heterocycles. The van der Waals surface area contributed by atoms with Crippen molar-refractivity contribution in [1.29, 1.82) is 0 Å². The summed E-state index contributed by atoms with van der Waals surface area (Å²) in [5, 5.41) is 9.83. The quantitative estimate of drug-likeness (QED) is 0.616. The van der Waals surface area contributed by atoms with E-state index in [0.29, 0.717) is 51.7 Å². The van der Waals surface area contributed by atoms with E-state index in [1.165, 1.54) is 6.07 Å². The van der Waals surface area contributed by atoms with Crippen LogP contribution < -0.4 is 10.2 Å². The molecular weight excluding hydrogens is 400 g/mol. The Bertz CT molecular complexity index is 1280. The van der Waals surface area contributed by atoms with Crippen LogP contribution in [0.4, 0.5) is 10.5 Å². The van der Waals surface area contributed by atoms with E-state index in [1.54, 1.807) is 38.2 Å². The SMILES string of the molecule is CCOc1ncc(C)c2c1C(c1cccc3c(=O)cc(C)oc13)C(OC(=O)O)C(C)=N2. The average molecular weight is 422 g/mol. The molecular formula is C23H22N2O6. The minimum absolute atomic E-state index is 0.176. The van der Waals surface area contributed by atoms with Gasteiger partial charge in [-0.25, -0.2) is 9.78 Å². The van der Waals surface area contributed by atoms with E-state index in [4.69, 9.17) is 13.9 Å². The number of rotatable bonds is 4. The van der Waals surface area contributed by atoms with E-state index < -0.39 is 18.2 Å². The molecule has 31 heavy (non-hydrogen) atoms. The molecule has 0 fully saturated rings. The summed E-state index contributed by atoms with van der Waals surface area (Å²) < 4.78 is 17.0. The number of pyridine rings is 1. The molecule has 2 unspecified atom stereocenters. The third-order valence-corrected chi connectivity index (χ3v) is 5.30. The number of aromatic nitrogens is 1. The maximum Gasteiger partial charge on any atom is 0.506 e. The van der Waals surface area contributed by atoms with Crippen LogP contribution in [0, 0.1) is 13.8 Å². The molecule has 0 saturated heterocycles. The summed E-state index contributed by atoms with van der Waals surface area (Å²) in [6.45, 7) is 7.50. The Hall–Kier alpha value is -3.68. The Kier molecular flexibility index (Phi) is 5.22. The Morgan fingerprint density at radius 1 is 1.26 bits per heavy atom. The van der Waals surface area contributed by atoms with E-state index in [0.717, 1.165) is 5.56 Å². The molecule has 160 valence electrons. The fraction of sp³-hybridized carbons (Fsp3) is 0.304. The monoisotopic (exact) mass is 422 g/mol. The molecule has 1 aliphatic heterocycles. The van der Waals surface area contributed by atoms with E-state index in [1.807, 2.05) is 13.8 Å². The van der Waals surface area contributed by atoms with Crippen LogP contribution in [0.5, 0.6) is 5.88 Å². The van der Waals surface area contributed by atoms with E-state index in [-0.39, 0.29) is 5.43 Å². The second-order valence-electron chi connectivity index (χ2n) is 7.42. The van der Waals surface area contributed by atoms with Crippen molar-refractivity contribution in [1.82, 2.24) is 4.98 Å². The van der Waals surface area contributed by atoms with Crippen molar-refractivity contribution in [2.75, 3.05) is 6.61 Å². The van der Waals surface area contributed by atoms with Crippen molar-refractivity contribution in [3.05, 3.63) is 63.1 Å². The number of aliphatic imine (C=N–C) groups is 1. The maximum atomic E-state index is 12.6. The van der Waals surface area contributed by atoms with E-state index in [2.05, 4.69) is 9.98 Å². The molecule has 0 amide bonds. The van der Waals surface area contributed by atoms with Gasteiger partial charge in [0.15, 0.2) is 11.5 Å². The smallest absolute Gasteiger partial charge is 0.478 e. The third-order valence-electron chi connectivity index (χ3n) is 5.30. The summed E-state index contributed by atoms with van der Waals surface area (Å²) in [5.41, 5.74) is 3.37. The normalized spacial score (nSPS) is 17.7. The number of hydrogen-bond donors (Lipinski definition) is 1. The van der Waals surface area contributed by atoms with Gasteiger partial charge in [-0.3, -0.25) is 9.79 Å². The Balaban J connectivity index is 2.09. The summed E-state index contributed by atoms with van der Waals surface area (Å²) in [6.07, 6.45) is -0.697. The van der Waals surface area contributed by atoms with Crippen LogP contribution in [0.1, 0.15) is 42.2 Å². The highest BCUT2D eigenvalue weighted by molar-refractivity contribution is 5.96. The van der Waals surface area contributed by atoms with Crippen molar-refractivity contribution in [3.8, 4) is 5.88 Å². The summed E-state index contributed by atoms with van der Waals surface area (Å²) in [5.74, 6) is 0.135. The highest BCUT2D eigenvalue weighted by atomic mass is 16.7. The van der Waals surface area contributed by atoms with Gasteiger partial charge in [-0.05, 0) is 39.3 Å². The second-order valence-corrected chi connectivity index (χ2v) is 7.42. The lowest BCUT2D eigenvalue weighted by molar-refractivity contribution is 0.0691. The van der Waals surface area contributed by atoms with Crippen LogP contribution in [0.15, 0.2) is 44.7 Å². The molecule has 1 aliphatic rings. The van der Waals surface area contributed by atoms with Gasteiger partial charge in [0.2, 0.25) is 5.88 Å². The molecule has 8 nitrogen and oxygen atoms in total. The van der Waals surface area contributed by atoms with Gasteiger partial charge in [-0.1, -0.05) is 12.1 Å². The highest BCUT2D eigenvalue weighted by Gasteiger charge is 2.40. The summed E-state index contributed by atoms with van der Waals surface area (Å²) in [6, 6.07) is 6.65. The zero-order valence-corrected chi connectivity index (χ0v) is 17.6. The van der Waals surface area contributed by atoms with Crippen molar-refractivity contribution >= 4 is 28.5 Å². The average Bonchev–Trinajstić information content (AvgIpc) is 2.71. The van der Waals surface area contributed by atoms with Crippen molar-refractivity contribution in [2.45, 2.75) is 39.7 Å². The van der Waals surface area contributed by atoms with Gasteiger partial charge >= 0.3 is 6.16 Å². The van der Waals surface area contributed by atoms with Crippen LogP contribution in [-0.2, 0) is 4.74 Å². The Morgan fingerprint density at radius 3 is 2.74 bits per heavy atom. The van der Waals surface area contributed by atoms with Crippen molar-refractivity contribution in [2.24, 2.45) is 4.99 Å². The molecule has 0 radical (unpaired) electrons. The second kappa shape index (κ2) is 7.86. The van der Waals surface area contributed by atoms with Crippen LogP contribution in [-0.4, -0.2) is 34.7 Å².